The molecule has 0 aliphatic heterocycles. The molecule has 1 saturated carbocycles. The summed E-state index contributed by atoms with van der Waals surface area (Å²) in [4.78, 5) is 7.86. The Kier molecular flexibility index (Phi) is 3.67. The van der Waals surface area contributed by atoms with Gasteiger partial charge in [-0.1, -0.05) is 16.9 Å². The topological polar surface area (TPSA) is 96.5 Å². The lowest BCUT2D eigenvalue weighted by Crippen LogP contribution is -2.19. The van der Waals surface area contributed by atoms with Gasteiger partial charge >= 0.3 is 0 Å². The fourth-order valence-electron chi connectivity index (χ4n) is 2.35. The van der Waals surface area contributed by atoms with Crippen LogP contribution in [0.25, 0.3) is 11.0 Å². The van der Waals surface area contributed by atoms with Gasteiger partial charge in [-0.25, -0.2) is 4.98 Å². The number of thioether (sulfide) groups is 1. The summed E-state index contributed by atoms with van der Waals surface area (Å²) in [6, 6.07) is 5.78. The van der Waals surface area contributed by atoms with Crippen LogP contribution in [0.15, 0.2) is 28.5 Å². The molecule has 112 valence electrons. The van der Waals surface area contributed by atoms with Crippen LogP contribution in [0.4, 0.5) is 0 Å². The second-order valence-corrected chi connectivity index (χ2v) is 6.45. The molecule has 6 nitrogen and oxygen atoms in total. The second kappa shape index (κ2) is 5.48. The first-order valence-electron chi connectivity index (χ1n) is 6.77. The van der Waals surface area contributed by atoms with Gasteiger partial charge in [-0.05, 0) is 30.4 Å². The molecule has 0 unspecified atom stereocenters. The van der Waals surface area contributed by atoms with Gasteiger partial charge in [-0.15, -0.1) is 0 Å². The van der Waals surface area contributed by atoms with Crippen LogP contribution in [0.2, 0.25) is 0 Å². The maximum atomic E-state index is 8.68. The zero-order valence-corrected chi connectivity index (χ0v) is 12.6. The molecular formula is C14H18N4O2S. The zero-order chi connectivity index (χ0) is 14.9. The number of hydrogen-bond donors (Lipinski definition) is 3. The Bertz CT molecular complexity index is 679. The van der Waals surface area contributed by atoms with Crippen molar-refractivity contribution in [2.45, 2.75) is 24.4 Å². The summed E-state index contributed by atoms with van der Waals surface area (Å²) >= 11 is 1.68. The molecule has 0 atom stereocenters. The van der Waals surface area contributed by atoms with Crippen molar-refractivity contribution < 1.29 is 9.94 Å². The highest BCUT2D eigenvalue weighted by Crippen LogP contribution is 2.51. The minimum atomic E-state index is 0.164. The summed E-state index contributed by atoms with van der Waals surface area (Å²) in [7, 11) is 1.65. The molecule has 21 heavy (non-hydrogen) atoms. The number of amidine groups is 1. The predicted molar refractivity (Wildman–Crippen MR) is 83.1 cm³/mol. The third-order valence-electron chi connectivity index (χ3n) is 3.82. The number of imidazole rings is 1. The molecule has 1 aromatic heterocycles. The monoisotopic (exact) mass is 306 g/mol. The lowest BCUT2D eigenvalue weighted by atomic mass is 10.1. The van der Waals surface area contributed by atoms with Crippen molar-refractivity contribution in [1.29, 1.82) is 0 Å². The number of H-pyrrole nitrogens is 1. The van der Waals surface area contributed by atoms with E-state index in [4.69, 9.17) is 15.7 Å². The van der Waals surface area contributed by atoms with E-state index in [0.29, 0.717) is 12.3 Å². The van der Waals surface area contributed by atoms with Crippen LogP contribution in [0.3, 0.4) is 0 Å². The van der Waals surface area contributed by atoms with Crippen molar-refractivity contribution in [3.8, 4) is 5.75 Å². The molecule has 1 aromatic carbocycles. The van der Waals surface area contributed by atoms with Gasteiger partial charge in [0.25, 0.3) is 0 Å². The van der Waals surface area contributed by atoms with E-state index in [9.17, 15) is 0 Å². The number of nitrogens with two attached hydrogens (primary N) is 1. The quantitative estimate of drug-likeness (QED) is 0.250. The predicted octanol–water partition coefficient (Wildman–Crippen LogP) is 2.58. The highest BCUT2D eigenvalue weighted by molar-refractivity contribution is 7.99. The molecule has 1 aliphatic rings. The zero-order valence-electron chi connectivity index (χ0n) is 11.8. The number of fused-ring (bicyclic) bond motifs is 1. The molecule has 1 heterocycles. The van der Waals surface area contributed by atoms with E-state index < -0.39 is 0 Å². The number of oxime groups is 1. The lowest BCUT2D eigenvalue weighted by Gasteiger charge is -2.12. The smallest absolute Gasteiger partial charge is 0.166 e. The van der Waals surface area contributed by atoms with Crippen LogP contribution < -0.4 is 10.5 Å². The number of benzene rings is 1. The van der Waals surface area contributed by atoms with Gasteiger partial charge < -0.3 is 20.7 Å². The molecule has 4 N–H and O–H groups in total. The summed E-state index contributed by atoms with van der Waals surface area (Å²) in [6.45, 7) is 0. The van der Waals surface area contributed by atoms with E-state index in [1.54, 1.807) is 18.9 Å². The number of nitrogens with zero attached hydrogens (tertiary/aromatic N) is 2. The van der Waals surface area contributed by atoms with Crippen molar-refractivity contribution in [3.05, 3.63) is 18.2 Å². The third-order valence-corrected chi connectivity index (χ3v) is 5.05. The Morgan fingerprint density at radius 2 is 2.38 bits per heavy atom. The molecule has 3 rings (SSSR count). The van der Waals surface area contributed by atoms with Crippen LogP contribution in [0.5, 0.6) is 5.75 Å². The second-order valence-electron chi connectivity index (χ2n) is 5.48. The van der Waals surface area contributed by atoms with Crippen molar-refractivity contribution in [2.75, 3.05) is 12.9 Å². The van der Waals surface area contributed by atoms with Crippen LogP contribution in [-0.2, 0) is 0 Å². The Balaban J connectivity index is 1.68. The number of ether oxygens (including phenoxy) is 1. The largest absolute Gasteiger partial charge is 0.497 e. The lowest BCUT2D eigenvalue weighted by molar-refractivity contribution is 0.315. The van der Waals surface area contributed by atoms with E-state index in [1.807, 2.05) is 18.2 Å². The number of methoxy groups -OCH3 is 1. The highest BCUT2D eigenvalue weighted by Gasteiger charge is 2.43. The number of aromatic amines is 1. The van der Waals surface area contributed by atoms with Crippen LogP contribution >= 0.6 is 11.8 Å². The normalized spacial score (nSPS) is 17.1. The average molecular weight is 306 g/mol. The number of hydrogen-bond acceptors (Lipinski definition) is 5. The Morgan fingerprint density at radius 1 is 1.57 bits per heavy atom. The number of aromatic nitrogens is 2. The summed E-state index contributed by atoms with van der Waals surface area (Å²) < 4.78 is 5.21. The Labute approximate surface area is 126 Å². The number of rotatable bonds is 6. The summed E-state index contributed by atoms with van der Waals surface area (Å²) in [5, 5.41) is 12.6. The van der Waals surface area contributed by atoms with Crippen molar-refractivity contribution in [1.82, 2.24) is 9.97 Å². The molecule has 0 bridgehead atoms. The van der Waals surface area contributed by atoms with Crippen LogP contribution in [0, 0.1) is 5.41 Å². The van der Waals surface area contributed by atoms with Gasteiger partial charge in [0, 0.05) is 18.2 Å². The molecule has 0 amide bonds. The molecule has 0 spiro atoms. The molecule has 7 heteroatoms. The van der Waals surface area contributed by atoms with Gasteiger partial charge in [0.1, 0.15) is 11.6 Å². The van der Waals surface area contributed by atoms with E-state index >= 15 is 0 Å². The van der Waals surface area contributed by atoms with Crippen molar-refractivity contribution in [2.24, 2.45) is 16.3 Å². The van der Waals surface area contributed by atoms with Gasteiger partial charge in [0.2, 0.25) is 0 Å². The fourth-order valence-corrected chi connectivity index (χ4v) is 3.53. The molecule has 1 fully saturated rings. The standard InChI is InChI=1S/C14H18N4O2S/c1-20-9-2-3-10-11(6-9)17-13(16-10)21-8-14(4-5-14)7-12(15)18-19/h2-3,6,19H,4-5,7-8H2,1H3,(H2,15,18)(H,16,17). The van der Waals surface area contributed by atoms with Gasteiger partial charge in [-0.2, -0.15) is 0 Å². The molecule has 0 saturated heterocycles. The summed E-state index contributed by atoms with van der Waals surface area (Å²) in [5.74, 6) is 2.04. The average Bonchev–Trinajstić information content (AvgIpc) is 3.13. The minimum absolute atomic E-state index is 0.164. The fraction of sp³-hybridized carbons (Fsp3) is 0.429. The van der Waals surface area contributed by atoms with Crippen LogP contribution in [0.1, 0.15) is 19.3 Å². The summed E-state index contributed by atoms with van der Waals surface area (Å²) in [5.41, 5.74) is 7.68. The van der Waals surface area contributed by atoms with Crippen molar-refractivity contribution >= 4 is 28.6 Å². The third kappa shape index (κ3) is 3.07. The minimum Gasteiger partial charge on any atom is -0.497 e. The van der Waals surface area contributed by atoms with E-state index in [2.05, 4.69) is 15.1 Å². The first-order valence-corrected chi connectivity index (χ1v) is 7.76. The SMILES string of the molecule is COc1ccc2nc(SCC3(CC(N)=NO)CC3)[nH]c2c1. The highest BCUT2D eigenvalue weighted by atomic mass is 32.2. The molecule has 2 aromatic rings. The van der Waals surface area contributed by atoms with Gasteiger partial charge in [0.05, 0.1) is 18.1 Å². The number of nitrogens with one attached hydrogen (secondary N) is 1. The van der Waals surface area contributed by atoms with E-state index in [0.717, 1.165) is 40.5 Å². The maximum Gasteiger partial charge on any atom is 0.166 e. The Morgan fingerprint density at radius 3 is 3.05 bits per heavy atom. The van der Waals surface area contributed by atoms with Crippen molar-refractivity contribution in [3.63, 3.8) is 0 Å². The molecular weight excluding hydrogens is 288 g/mol. The maximum absolute atomic E-state index is 8.68. The summed E-state index contributed by atoms with van der Waals surface area (Å²) in [6.07, 6.45) is 2.87. The van der Waals surface area contributed by atoms with Crippen LogP contribution in [-0.4, -0.2) is 33.9 Å². The molecule has 1 aliphatic carbocycles. The van der Waals surface area contributed by atoms with Gasteiger partial charge in [0.15, 0.2) is 5.16 Å². The first kappa shape index (κ1) is 14.1. The Hall–Kier alpha value is -1.89. The van der Waals surface area contributed by atoms with E-state index in [1.165, 1.54) is 0 Å². The van der Waals surface area contributed by atoms with E-state index in [-0.39, 0.29) is 5.41 Å². The first-order chi connectivity index (χ1) is 10.1. The van der Waals surface area contributed by atoms with Gasteiger partial charge in [-0.3, -0.25) is 0 Å². The molecule has 0 radical (unpaired) electrons.